The Hall–Kier alpha value is -4.22. The van der Waals surface area contributed by atoms with Crippen molar-refractivity contribution in [3.63, 3.8) is 0 Å². The lowest BCUT2D eigenvalue weighted by molar-refractivity contribution is -0.143. The molecule has 0 spiro atoms. The second-order valence-electron chi connectivity index (χ2n) is 10.2. The average molecular weight is 597 g/mol. The monoisotopic (exact) mass is 596 g/mol. The highest BCUT2D eigenvalue weighted by Crippen LogP contribution is 2.41. The van der Waals surface area contributed by atoms with Crippen LogP contribution in [-0.2, 0) is 27.4 Å². The SMILES string of the molecule is CC/C(=C\C(=O)O)c1cc(-c2ccc(F)cc2C)c(N(C)C(=O)C(C)(C)c2cc(C(F)(F)F)cc(C(F)(F)F)c2)cn1. The van der Waals surface area contributed by atoms with Crippen LogP contribution in [0.5, 0.6) is 0 Å². The number of hydrogen-bond donors (Lipinski definition) is 1. The summed E-state index contributed by atoms with van der Waals surface area (Å²) in [6, 6.07) is 6.35. The van der Waals surface area contributed by atoms with E-state index in [1.165, 1.54) is 51.4 Å². The van der Waals surface area contributed by atoms with Crippen molar-refractivity contribution < 1.29 is 45.4 Å². The van der Waals surface area contributed by atoms with Gasteiger partial charge < -0.3 is 10.0 Å². The fraction of sp³-hybridized carbons (Fsp3) is 0.300. The number of carboxylic acids is 1. The number of aromatic nitrogens is 1. The fourth-order valence-corrected chi connectivity index (χ4v) is 4.51. The van der Waals surface area contributed by atoms with Crippen molar-refractivity contribution >= 4 is 23.1 Å². The Balaban J connectivity index is 2.22. The van der Waals surface area contributed by atoms with Crippen molar-refractivity contribution in [1.82, 2.24) is 4.98 Å². The average Bonchev–Trinajstić information content (AvgIpc) is 2.89. The van der Waals surface area contributed by atoms with Gasteiger partial charge in [0.1, 0.15) is 5.82 Å². The zero-order valence-electron chi connectivity index (χ0n) is 23.2. The van der Waals surface area contributed by atoms with E-state index in [1.807, 2.05) is 0 Å². The third-order valence-corrected chi connectivity index (χ3v) is 6.88. The number of alkyl halides is 6. The predicted molar refractivity (Wildman–Crippen MR) is 143 cm³/mol. The van der Waals surface area contributed by atoms with Crippen molar-refractivity contribution in [3.05, 3.63) is 88.5 Å². The standard InChI is InChI=1S/C30H27F7N2O3/c1-6-17(10-26(40)41)24-14-23(22-8-7-21(31)9-16(22)2)25(15-38-24)39(5)27(42)28(3,4)18-11-19(29(32,33)34)13-20(12-18)30(35,36)37/h7-15H,6H2,1-5H3,(H,40,41)/b17-10+. The summed E-state index contributed by atoms with van der Waals surface area (Å²) in [7, 11) is 1.29. The number of carbonyl (C=O) groups excluding carboxylic acids is 1. The highest BCUT2D eigenvalue weighted by Gasteiger charge is 2.41. The summed E-state index contributed by atoms with van der Waals surface area (Å²) < 4.78 is 95.1. The number of halogens is 7. The minimum absolute atomic E-state index is 0.0121. The molecular weight excluding hydrogens is 569 g/mol. The van der Waals surface area contributed by atoms with E-state index < -0.39 is 52.2 Å². The van der Waals surface area contributed by atoms with Gasteiger partial charge in [-0.15, -0.1) is 0 Å². The fourth-order valence-electron chi connectivity index (χ4n) is 4.51. The molecule has 3 aromatic rings. The molecule has 0 fully saturated rings. The van der Waals surface area contributed by atoms with Gasteiger partial charge in [0.05, 0.1) is 34.1 Å². The van der Waals surface area contributed by atoms with E-state index in [2.05, 4.69) is 4.98 Å². The number of nitrogens with zero attached hydrogens (tertiary/aromatic N) is 2. The summed E-state index contributed by atoms with van der Waals surface area (Å²) in [5.74, 6) is -2.62. The second kappa shape index (κ2) is 11.6. The summed E-state index contributed by atoms with van der Waals surface area (Å²) in [4.78, 5) is 30.5. The summed E-state index contributed by atoms with van der Waals surface area (Å²) >= 11 is 0. The van der Waals surface area contributed by atoms with Crippen molar-refractivity contribution in [3.8, 4) is 11.1 Å². The number of likely N-dealkylation sites (N-methyl/N-ethyl adjacent to an activating group) is 1. The van der Waals surface area contributed by atoms with E-state index in [9.17, 15) is 45.4 Å². The Morgan fingerprint density at radius 1 is 0.905 bits per heavy atom. The lowest BCUT2D eigenvalue weighted by Gasteiger charge is -2.32. The van der Waals surface area contributed by atoms with Crippen LogP contribution in [0.4, 0.5) is 36.4 Å². The molecule has 12 heteroatoms. The number of allylic oxidation sites excluding steroid dienone is 1. The molecule has 0 unspecified atom stereocenters. The van der Waals surface area contributed by atoms with Gasteiger partial charge in [-0.25, -0.2) is 9.18 Å². The Bertz CT molecular complexity index is 1530. The molecule has 1 aromatic heterocycles. The largest absolute Gasteiger partial charge is 0.478 e. The first-order valence-electron chi connectivity index (χ1n) is 12.6. The number of benzene rings is 2. The van der Waals surface area contributed by atoms with Gasteiger partial charge in [-0.05, 0) is 85.9 Å². The molecule has 0 radical (unpaired) electrons. The quantitative estimate of drug-likeness (QED) is 0.221. The highest BCUT2D eigenvalue weighted by atomic mass is 19.4. The van der Waals surface area contributed by atoms with Crippen LogP contribution in [0, 0.1) is 12.7 Å². The van der Waals surface area contributed by atoms with E-state index in [1.54, 1.807) is 13.8 Å². The van der Waals surface area contributed by atoms with Gasteiger partial charge in [-0.1, -0.05) is 13.0 Å². The summed E-state index contributed by atoms with van der Waals surface area (Å²) in [6.07, 6.45) is -7.71. The number of anilines is 1. The lowest BCUT2D eigenvalue weighted by atomic mass is 9.81. The van der Waals surface area contributed by atoms with Gasteiger partial charge >= 0.3 is 18.3 Å². The molecule has 0 aliphatic heterocycles. The number of rotatable bonds is 7. The van der Waals surface area contributed by atoms with Crippen LogP contribution in [0.1, 0.15) is 55.1 Å². The molecule has 224 valence electrons. The van der Waals surface area contributed by atoms with Gasteiger partial charge in [0.2, 0.25) is 5.91 Å². The van der Waals surface area contributed by atoms with Crippen molar-refractivity contribution in [1.29, 1.82) is 0 Å². The minimum Gasteiger partial charge on any atom is -0.478 e. The third kappa shape index (κ3) is 6.80. The van der Waals surface area contributed by atoms with E-state index in [0.717, 1.165) is 11.0 Å². The van der Waals surface area contributed by atoms with Crippen LogP contribution in [0.15, 0.2) is 54.7 Å². The van der Waals surface area contributed by atoms with Crippen molar-refractivity contribution in [2.24, 2.45) is 0 Å². The summed E-state index contributed by atoms with van der Waals surface area (Å²) in [6.45, 7) is 5.71. The maximum atomic E-state index is 13.9. The molecule has 0 saturated heterocycles. The molecule has 0 aliphatic rings. The van der Waals surface area contributed by atoms with Gasteiger partial charge in [0.25, 0.3) is 0 Å². The number of aryl methyl sites for hydroxylation is 1. The second-order valence-corrected chi connectivity index (χ2v) is 10.2. The Labute approximate surface area is 237 Å². The first kappa shape index (κ1) is 32.3. The number of pyridine rings is 1. The lowest BCUT2D eigenvalue weighted by Crippen LogP contribution is -2.42. The van der Waals surface area contributed by atoms with Crippen molar-refractivity contribution in [2.75, 3.05) is 11.9 Å². The van der Waals surface area contributed by atoms with Crippen LogP contribution in [0.2, 0.25) is 0 Å². The molecule has 0 saturated carbocycles. The molecule has 1 heterocycles. The summed E-state index contributed by atoms with van der Waals surface area (Å²) in [5, 5.41) is 9.25. The molecule has 0 aliphatic carbocycles. The smallest absolute Gasteiger partial charge is 0.416 e. The van der Waals surface area contributed by atoms with Crippen LogP contribution in [0.25, 0.3) is 16.7 Å². The molecular formula is C30H27F7N2O3. The topological polar surface area (TPSA) is 70.5 Å². The van der Waals surface area contributed by atoms with Gasteiger partial charge in [0.15, 0.2) is 0 Å². The Morgan fingerprint density at radius 2 is 1.45 bits per heavy atom. The maximum Gasteiger partial charge on any atom is 0.416 e. The first-order valence-corrected chi connectivity index (χ1v) is 12.6. The maximum absolute atomic E-state index is 13.9. The molecule has 3 rings (SSSR count). The molecule has 0 atom stereocenters. The first-order chi connectivity index (χ1) is 19.3. The normalized spacial score (nSPS) is 12.8. The number of amides is 1. The van der Waals surface area contributed by atoms with Gasteiger partial charge in [-0.3, -0.25) is 9.78 Å². The number of carbonyl (C=O) groups is 2. The van der Waals surface area contributed by atoms with Crippen LogP contribution in [-0.4, -0.2) is 29.0 Å². The number of aliphatic carboxylic acids is 1. The predicted octanol–water partition coefficient (Wildman–Crippen LogP) is 8.05. The number of carboxylic acid groups (broad SMARTS) is 1. The van der Waals surface area contributed by atoms with E-state index in [-0.39, 0.29) is 23.9 Å². The zero-order chi connectivity index (χ0) is 31.8. The summed E-state index contributed by atoms with van der Waals surface area (Å²) in [5.41, 5.74) is -3.61. The van der Waals surface area contributed by atoms with Crippen LogP contribution >= 0.6 is 0 Å². The molecule has 1 N–H and O–H groups in total. The van der Waals surface area contributed by atoms with E-state index >= 15 is 0 Å². The molecule has 5 nitrogen and oxygen atoms in total. The molecule has 2 aromatic carbocycles. The van der Waals surface area contributed by atoms with Crippen LogP contribution in [0.3, 0.4) is 0 Å². The van der Waals surface area contributed by atoms with E-state index in [4.69, 9.17) is 0 Å². The Morgan fingerprint density at radius 3 is 1.93 bits per heavy atom. The van der Waals surface area contributed by atoms with Gasteiger partial charge in [0, 0.05) is 18.7 Å². The van der Waals surface area contributed by atoms with Crippen molar-refractivity contribution in [2.45, 2.75) is 51.9 Å². The third-order valence-electron chi connectivity index (χ3n) is 6.88. The minimum atomic E-state index is -5.10. The van der Waals surface area contributed by atoms with E-state index in [0.29, 0.717) is 34.4 Å². The van der Waals surface area contributed by atoms with Crippen LogP contribution < -0.4 is 4.90 Å². The number of hydrogen-bond acceptors (Lipinski definition) is 3. The highest BCUT2D eigenvalue weighted by molar-refractivity contribution is 6.03. The molecule has 42 heavy (non-hydrogen) atoms. The Kier molecular flexibility index (Phi) is 8.90. The van der Waals surface area contributed by atoms with Gasteiger partial charge in [-0.2, -0.15) is 26.3 Å². The molecule has 0 bridgehead atoms. The molecule has 1 amide bonds. The zero-order valence-corrected chi connectivity index (χ0v) is 23.2.